The Morgan fingerprint density at radius 2 is 1.55 bits per heavy atom. The Morgan fingerprint density at radius 1 is 0.913 bits per heavy atom. The Hall–Kier alpha value is -5.22. The van der Waals surface area contributed by atoms with Crippen molar-refractivity contribution in [1.29, 1.82) is 0 Å². The average molecular weight is 981 g/mol. The van der Waals surface area contributed by atoms with Crippen molar-refractivity contribution in [3.8, 4) is 11.1 Å². The van der Waals surface area contributed by atoms with Crippen LogP contribution in [0.1, 0.15) is 108 Å². The first-order valence-electron chi connectivity index (χ1n) is 24.3. The van der Waals surface area contributed by atoms with Gasteiger partial charge < -0.3 is 40.0 Å². The molecular weight excluding hydrogens is 909 g/mol. The number of carbonyl (C=O) groups excluding carboxylic acids is 4. The molecule has 13 nitrogen and oxygen atoms in total. The van der Waals surface area contributed by atoms with E-state index in [9.17, 15) is 19.2 Å². The molecule has 1 fully saturated rings. The van der Waals surface area contributed by atoms with Gasteiger partial charge in [-0.25, -0.2) is 9.78 Å². The van der Waals surface area contributed by atoms with Gasteiger partial charge in [0.25, 0.3) is 0 Å². The van der Waals surface area contributed by atoms with E-state index in [1.165, 1.54) is 5.56 Å². The molecule has 0 unspecified atom stereocenters. The Kier molecular flexibility index (Phi) is 18.5. The molecule has 1 aliphatic carbocycles. The smallest absolute Gasteiger partial charge is 0.408 e. The summed E-state index contributed by atoms with van der Waals surface area (Å²) in [6.07, 6.45) is 3.05. The van der Waals surface area contributed by atoms with Gasteiger partial charge in [0, 0.05) is 51.2 Å². The van der Waals surface area contributed by atoms with Crippen LogP contribution in [0.15, 0.2) is 90.4 Å². The van der Waals surface area contributed by atoms with Crippen molar-refractivity contribution in [2.45, 2.75) is 128 Å². The number of benzene rings is 3. The highest BCUT2D eigenvalue weighted by Crippen LogP contribution is 2.44. The third kappa shape index (κ3) is 12.6. The topological polar surface area (TPSA) is 151 Å². The first-order valence-corrected chi connectivity index (χ1v) is 25.6. The zero-order valence-electron chi connectivity index (χ0n) is 41.9. The molecule has 0 saturated carbocycles. The van der Waals surface area contributed by atoms with Crippen molar-refractivity contribution in [2.24, 2.45) is 17.8 Å². The lowest BCUT2D eigenvalue weighted by molar-refractivity contribution is -0.147. The Labute approximate surface area is 418 Å². The molecule has 4 aromatic rings. The molecule has 0 spiro atoms. The number of alkyl carbamates (subject to hydrolysis) is 1. The summed E-state index contributed by atoms with van der Waals surface area (Å²) in [5.74, 6) is -1.71. The highest BCUT2D eigenvalue weighted by Gasteiger charge is 2.43. The third-order valence-corrected chi connectivity index (χ3v) is 15.5. The van der Waals surface area contributed by atoms with Gasteiger partial charge in [0.15, 0.2) is 0 Å². The van der Waals surface area contributed by atoms with Crippen molar-refractivity contribution >= 4 is 52.4 Å². The molecule has 3 aromatic carbocycles. The van der Waals surface area contributed by atoms with Crippen LogP contribution in [0.4, 0.5) is 4.79 Å². The molecule has 8 atom stereocenters. The van der Waals surface area contributed by atoms with Crippen LogP contribution in [0.3, 0.4) is 0 Å². The number of hydrogen-bond acceptors (Lipinski definition) is 10. The van der Waals surface area contributed by atoms with Gasteiger partial charge in [0.1, 0.15) is 23.2 Å². The van der Waals surface area contributed by atoms with Crippen LogP contribution in [0, 0.1) is 17.8 Å². The summed E-state index contributed by atoms with van der Waals surface area (Å²) in [5.41, 5.74) is 4.13. The lowest BCUT2D eigenvalue weighted by Gasteiger charge is -2.41. The fourth-order valence-electron chi connectivity index (χ4n) is 10.1. The van der Waals surface area contributed by atoms with Gasteiger partial charge in [0.2, 0.25) is 17.7 Å². The quantitative estimate of drug-likeness (QED) is 0.0653. The summed E-state index contributed by atoms with van der Waals surface area (Å²) in [5, 5.41) is 12.2. The van der Waals surface area contributed by atoms with E-state index in [1.54, 1.807) is 57.5 Å². The number of thiocarbonyl (C=S) groups is 1. The van der Waals surface area contributed by atoms with E-state index in [2.05, 4.69) is 45.2 Å². The number of carbonyl (C=O) groups is 4. The number of rotatable bonds is 22. The highest BCUT2D eigenvalue weighted by atomic mass is 32.1. The Bertz CT molecular complexity index is 2320. The zero-order chi connectivity index (χ0) is 50.0. The zero-order valence-corrected chi connectivity index (χ0v) is 43.5. The molecule has 2 heterocycles. The summed E-state index contributed by atoms with van der Waals surface area (Å²) < 4.78 is 18.1. The second-order valence-corrected chi connectivity index (χ2v) is 20.8. The number of nitrogens with one attached hydrogen (secondary N) is 3. The van der Waals surface area contributed by atoms with E-state index >= 15 is 0 Å². The van der Waals surface area contributed by atoms with Crippen molar-refractivity contribution in [2.75, 3.05) is 34.4 Å². The number of likely N-dealkylation sites (N-methyl/N-ethyl adjacent to an activating group) is 1. The molecule has 1 aliphatic heterocycles. The van der Waals surface area contributed by atoms with Gasteiger partial charge in [0.05, 0.1) is 41.7 Å². The Morgan fingerprint density at radius 3 is 2.13 bits per heavy atom. The first-order chi connectivity index (χ1) is 33.0. The van der Waals surface area contributed by atoms with Gasteiger partial charge in [-0.2, -0.15) is 0 Å². The normalized spacial score (nSPS) is 17.7. The lowest BCUT2D eigenvalue weighted by Crippen LogP contribution is -2.62. The van der Waals surface area contributed by atoms with Gasteiger partial charge in [-0.05, 0) is 72.8 Å². The van der Waals surface area contributed by atoms with Crippen molar-refractivity contribution < 1.29 is 33.4 Å². The minimum atomic E-state index is -1.43. The number of ether oxygens (including phenoxy) is 3. The standard InChI is InChI=1S/C54H72N6O7S2/c1-11-34(4)47(44(65-9)31-45(61)60-28-19-26-43(60)48(66-10)35(5)49(68)56-42(50-55-27-29-69-50)30-36-20-13-12-14-21-36)59(8)51(62)46(33(2)3)57-52(63)54(6,7)58-53(64)67-32-41-39-24-17-15-22-37(39)38-23-16-18-25-40(38)41/h12-18,20-25,27,29,33-35,41-44,46-48H,11,19,26,28,30-32H2,1-10H3,(H,56,68)(H,57,63)(H,58,64)/t34-,35-,42-,43-,44+,46-,47-,48+/m0/s1. The van der Waals surface area contributed by atoms with Crippen LogP contribution in [-0.2, 0) is 35.0 Å². The fraction of sp³-hybridized carbons (Fsp3) is 0.519. The van der Waals surface area contributed by atoms with Crippen LogP contribution in [0.2, 0.25) is 0 Å². The SMILES string of the molecule is CC[C@H](C)[C@@H]([C@@H](CC(=O)N1CCC[C@H]1[C@H](OC)[C@H](C)C(=S)N[C@@H](Cc1ccccc1)c1nccs1)OC)N(C)C(=O)[C@@H](NC(=O)C(C)(C)NC(=O)OCC1c2ccccc2-c2ccccc21)C(C)C. The van der Waals surface area contributed by atoms with Crippen LogP contribution in [-0.4, -0.2) is 114 Å². The summed E-state index contributed by atoms with van der Waals surface area (Å²) in [6, 6.07) is 24.6. The largest absolute Gasteiger partial charge is 0.449 e. The summed E-state index contributed by atoms with van der Waals surface area (Å²) in [7, 11) is 4.96. The van der Waals surface area contributed by atoms with Crippen LogP contribution in [0.5, 0.6) is 0 Å². The second-order valence-electron chi connectivity index (χ2n) is 19.5. The van der Waals surface area contributed by atoms with Crippen molar-refractivity contribution in [3.05, 3.63) is 112 Å². The molecule has 0 bridgehead atoms. The maximum atomic E-state index is 14.6. The molecule has 1 saturated heterocycles. The molecular formula is C54H72N6O7S2. The number of amides is 4. The summed E-state index contributed by atoms with van der Waals surface area (Å²) in [4.78, 5) is 65.3. The van der Waals surface area contributed by atoms with Gasteiger partial charge >= 0.3 is 6.09 Å². The van der Waals surface area contributed by atoms with E-state index in [-0.39, 0.29) is 66.7 Å². The number of hydrogen-bond donors (Lipinski definition) is 3. The second kappa shape index (κ2) is 24.1. The van der Waals surface area contributed by atoms with Crippen molar-refractivity contribution in [3.63, 3.8) is 0 Å². The highest BCUT2D eigenvalue weighted by molar-refractivity contribution is 7.80. The first kappa shape index (κ1) is 53.1. The molecule has 15 heteroatoms. The molecule has 0 radical (unpaired) electrons. The minimum absolute atomic E-state index is 0.0339. The minimum Gasteiger partial charge on any atom is -0.449 e. The van der Waals surface area contributed by atoms with Crippen LogP contribution < -0.4 is 16.0 Å². The average Bonchev–Trinajstić information content (AvgIpc) is 4.13. The van der Waals surface area contributed by atoms with Crippen LogP contribution in [0.25, 0.3) is 11.1 Å². The van der Waals surface area contributed by atoms with E-state index in [0.717, 1.165) is 40.1 Å². The summed E-state index contributed by atoms with van der Waals surface area (Å²) >= 11 is 7.66. The Balaban J connectivity index is 1.09. The molecule has 2 aliphatic rings. The van der Waals surface area contributed by atoms with Gasteiger partial charge in [-0.3, -0.25) is 14.4 Å². The summed E-state index contributed by atoms with van der Waals surface area (Å²) in [6.45, 7) is 13.7. The number of nitrogens with zero attached hydrogens (tertiary/aromatic N) is 3. The fourth-order valence-corrected chi connectivity index (χ4v) is 11.0. The van der Waals surface area contributed by atoms with E-state index in [4.69, 9.17) is 26.4 Å². The predicted octanol–water partition coefficient (Wildman–Crippen LogP) is 8.72. The lowest BCUT2D eigenvalue weighted by atomic mass is 9.89. The number of likely N-dealkylation sites (tertiary alicyclic amines) is 1. The van der Waals surface area contributed by atoms with Gasteiger partial charge in [-0.1, -0.05) is 132 Å². The van der Waals surface area contributed by atoms with Gasteiger partial charge in [-0.15, -0.1) is 11.3 Å². The molecule has 372 valence electrons. The molecule has 3 N–H and O–H groups in total. The molecule has 69 heavy (non-hydrogen) atoms. The molecule has 4 amide bonds. The van der Waals surface area contributed by atoms with E-state index < -0.39 is 35.7 Å². The third-order valence-electron chi connectivity index (χ3n) is 14.2. The van der Waals surface area contributed by atoms with E-state index in [0.29, 0.717) is 24.4 Å². The van der Waals surface area contributed by atoms with Crippen molar-refractivity contribution in [1.82, 2.24) is 30.7 Å². The number of methoxy groups -OCH3 is 2. The monoisotopic (exact) mass is 980 g/mol. The predicted molar refractivity (Wildman–Crippen MR) is 276 cm³/mol. The molecule has 6 rings (SSSR count). The maximum absolute atomic E-state index is 14.6. The van der Waals surface area contributed by atoms with E-state index in [1.807, 2.05) is 99.5 Å². The number of thiazole rings is 1. The maximum Gasteiger partial charge on any atom is 0.408 e. The molecule has 1 aromatic heterocycles. The number of aromatic nitrogens is 1. The number of fused-ring (bicyclic) bond motifs is 3. The van der Waals surface area contributed by atoms with Crippen LogP contribution >= 0.6 is 23.6 Å².